The van der Waals surface area contributed by atoms with E-state index in [-0.39, 0.29) is 24.3 Å². The van der Waals surface area contributed by atoms with Crippen molar-refractivity contribution in [3.63, 3.8) is 0 Å². The lowest BCUT2D eigenvalue weighted by atomic mass is 10.2. The summed E-state index contributed by atoms with van der Waals surface area (Å²) < 4.78 is 2.11. The van der Waals surface area contributed by atoms with E-state index in [0.717, 1.165) is 42.9 Å². The Hall–Kier alpha value is -2.20. The van der Waals surface area contributed by atoms with Gasteiger partial charge in [-0.15, -0.1) is 0 Å². The topological polar surface area (TPSA) is 96.2 Å². The zero-order valence-electron chi connectivity index (χ0n) is 21.6. The Kier molecular flexibility index (Phi) is 15.3. The number of aryl methyl sites for hydroxylation is 1. The van der Waals surface area contributed by atoms with Crippen LogP contribution in [0.4, 0.5) is 10.6 Å². The molecule has 0 bridgehead atoms. The van der Waals surface area contributed by atoms with Crippen molar-refractivity contribution in [2.24, 2.45) is 0 Å². The molecule has 1 amide bonds. The lowest BCUT2D eigenvalue weighted by molar-refractivity contribution is -0.689. The Bertz CT molecular complexity index is 1040. The fraction of sp³-hybridized carbons (Fsp3) is 0.462. The van der Waals surface area contributed by atoms with Crippen molar-refractivity contribution in [2.75, 3.05) is 25.4 Å². The maximum atomic E-state index is 12.0. The summed E-state index contributed by atoms with van der Waals surface area (Å²) in [4.78, 5) is 23.5. The van der Waals surface area contributed by atoms with Gasteiger partial charge >= 0.3 is 0 Å². The molecule has 1 aromatic carbocycles. The lowest BCUT2D eigenvalue weighted by Gasteiger charge is -2.20. The van der Waals surface area contributed by atoms with Crippen molar-refractivity contribution in [1.82, 2.24) is 14.9 Å². The van der Waals surface area contributed by atoms with Gasteiger partial charge in [-0.25, -0.2) is 9.97 Å². The lowest BCUT2D eigenvalue weighted by Crippen LogP contribution is -3.00. The van der Waals surface area contributed by atoms with Crippen molar-refractivity contribution in [1.29, 1.82) is 0 Å². The van der Waals surface area contributed by atoms with Gasteiger partial charge < -0.3 is 28.1 Å². The van der Waals surface area contributed by atoms with Crippen LogP contribution in [-0.2, 0) is 18.7 Å². The Labute approximate surface area is 229 Å². The molecule has 0 aliphatic carbocycles. The van der Waals surface area contributed by atoms with E-state index in [1.165, 1.54) is 22.2 Å². The number of nitrogen functional groups attached to an aromatic ring is 1. The predicted octanol–water partition coefficient (Wildman–Crippen LogP) is 1.77. The third-order valence-corrected chi connectivity index (χ3v) is 7.43. The number of halogens is 1. The average molecular weight is 552 g/mol. The minimum absolute atomic E-state index is 0. The molecule has 2 heterocycles. The summed E-state index contributed by atoms with van der Waals surface area (Å²) in [6.45, 7) is 10.7. The summed E-state index contributed by atoms with van der Waals surface area (Å²) >= 11 is 3.05. The molecule has 198 valence electrons. The van der Waals surface area contributed by atoms with Gasteiger partial charge in [-0.05, 0) is 25.3 Å². The van der Waals surface area contributed by atoms with Gasteiger partial charge in [-0.2, -0.15) is 4.57 Å². The zero-order chi connectivity index (χ0) is 25.6. The number of aromatic nitrogens is 3. The van der Waals surface area contributed by atoms with Gasteiger partial charge in [0.1, 0.15) is 11.6 Å². The van der Waals surface area contributed by atoms with E-state index in [0.29, 0.717) is 24.6 Å². The standard InChI is InChI=1S/C14H21NOS.C12H17N4OS.ClH/c1-3-10-15(11-4-2)14(16)17-12-13-8-6-5-7-9-13;1-8-11(3-4-17)18-7-16(8)6-10-5-14-9(2)15-12(10)13;/h5-9H,3-4,10-12H2,1-2H3;5,7,17H,3-4,6H2,1-2H3,(H2,13,14,15);1H/q;+1;/p-1. The van der Waals surface area contributed by atoms with E-state index >= 15 is 0 Å². The molecule has 0 aliphatic heterocycles. The maximum absolute atomic E-state index is 12.0. The number of anilines is 1. The zero-order valence-corrected chi connectivity index (χ0v) is 24.0. The number of nitrogens with zero attached hydrogens (tertiary/aromatic N) is 4. The molecule has 0 unspecified atom stereocenters. The van der Waals surface area contributed by atoms with Gasteiger partial charge in [0.15, 0.2) is 12.2 Å². The highest BCUT2D eigenvalue weighted by Crippen LogP contribution is 2.17. The molecule has 10 heteroatoms. The molecule has 36 heavy (non-hydrogen) atoms. The molecule has 0 fully saturated rings. The van der Waals surface area contributed by atoms with Crippen molar-refractivity contribution in [3.8, 4) is 0 Å². The maximum Gasteiger partial charge on any atom is 0.281 e. The highest BCUT2D eigenvalue weighted by Gasteiger charge is 2.17. The molecule has 3 rings (SSSR count). The molecule has 7 nitrogen and oxygen atoms in total. The van der Waals surface area contributed by atoms with Crippen LogP contribution in [0, 0.1) is 13.8 Å². The Morgan fingerprint density at radius 3 is 2.42 bits per heavy atom. The van der Waals surface area contributed by atoms with Crippen molar-refractivity contribution in [2.45, 2.75) is 59.3 Å². The molecule has 2 aromatic heterocycles. The SMILES string of the molecule is CCCN(CCC)C(=O)SCc1ccccc1.Cc1ncc(C[n+]2csc(CCO)c2C)c(N)n1.[Cl-]. The van der Waals surface area contributed by atoms with Crippen molar-refractivity contribution >= 4 is 34.2 Å². The van der Waals surface area contributed by atoms with Crippen LogP contribution in [0.5, 0.6) is 0 Å². The monoisotopic (exact) mass is 551 g/mol. The number of benzene rings is 1. The van der Waals surface area contributed by atoms with Crippen LogP contribution >= 0.6 is 23.1 Å². The summed E-state index contributed by atoms with van der Waals surface area (Å²) in [5.74, 6) is 1.98. The number of thiazole rings is 1. The number of amides is 1. The van der Waals surface area contributed by atoms with Crippen LogP contribution in [0.3, 0.4) is 0 Å². The number of thioether (sulfide) groups is 1. The molecule has 0 saturated heterocycles. The smallest absolute Gasteiger partial charge is 0.281 e. The Balaban J connectivity index is 0.000000351. The Morgan fingerprint density at radius 1 is 1.17 bits per heavy atom. The first-order valence-corrected chi connectivity index (χ1v) is 13.9. The third-order valence-electron chi connectivity index (χ3n) is 5.30. The number of carbonyl (C=O) groups excluding carboxylic acids is 1. The number of nitrogens with two attached hydrogens (primary N) is 1. The van der Waals surface area contributed by atoms with Gasteiger partial charge in [-0.1, -0.05) is 67.3 Å². The number of aliphatic hydroxyl groups is 1. The normalized spacial score (nSPS) is 10.2. The molecule has 0 radical (unpaired) electrons. The summed E-state index contributed by atoms with van der Waals surface area (Å²) in [6.07, 6.45) is 4.52. The fourth-order valence-corrected chi connectivity index (χ4v) is 5.24. The highest BCUT2D eigenvalue weighted by atomic mass is 35.5. The number of carbonyl (C=O) groups is 1. The molecule has 3 N–H and O–H groups in total. The van der Waals surface area contributed by atoms with E-state index in [4.69, 9.17) is 10.8 Å². The van der Waals surface area contributed by atoms with Crippen LogP contribution in [0.2, 0.25) is 0 Å². The molecule has 3 aromatic rings. The van der Waals surface area contributed by atoms with Crippen LogP contribution in [0.25, 0.3) is 0 Å². The van der Waals surface area contributed by atoms with Crippen LogP contribution in [-0.4, -0.2) is 44.9 Å². The summed E-state index contributed by atoms with van der Waals surface area (Å²) in [6, 6.07) is 10.1. The van der Waals surface area contributed by atoms with Crippen LogP contribution < -0.4 is 22.7 Å². The van der Waals surface area contributed by atoms with Crippen molar-refractivity contribution < 1.29 is 26.9 Å². The summed E-state index contributed by atoms with van der Waals surface area (Å²) in [5.41, 5.74) is 11.2. The number of hydrogen-bond acceptors (Lipinski definition) is 7. The first kappa shape index (κ1) is 31.8. The molecule has 0 saturated carbocycles. The first-order valence-electron chi connectivity index (χ1n) is 12.0. The molecule has 0 aliphatic rings. The average Bonchev–Trinajstić information content (AvgIpc) is 3.19. The van der Waals surface area contributed by atoms with E-state index < -0.39 is 0 Å². The minimum atomic E-state index is 0. The van der Waals surface area contributed by atoms with Gasteiger partial charge in [-0.3, -0.25) is 4.79 Å². The molecule has 0 spiro atoms. The van der Waals surface area contributed by atoms with Crippen molar-refractivity contribution in [3.05, 3.63) is 69.6 Å². The van der Waals surface area contributed by atoms with E-state index in [1.807, 2.05) is 42.5 Å². The summed E-state index contributed by atoms with van der Waals surface area (Å²) in [7, 11) is 0. The molecule has 0 atom stereocenters. The summed E-state index contributed by atoms with van der Waals surface area (Å²) in [5, 5.41) is 9.18. The van der Waals surface area contributed by atoms with E-state index in [1.54, 1.807) is 17.5 Å². The van der Waals surface area contributed by atoms with Crippen LogP contribution in [0.1, 0.15) is 54.2 Å². The molecular formula is C26H38ClN5O2S2. The largest absolute Gasteiger partial charge is 1.00 e. The van der Waals surface area contributed by atoms with E-state index in [2.05, 4.69) is 40.5 Å². The predicted molar refractivity (Wildman–Crippen MR) is 146 cm³/mol. The number of aliphatic hydroxyl groups excluding tert-OH is 1. The van der Waals surface area contributed by atoms with Gasteiger partial charge in [0.25, 0.3) is 5.24 Å². The van der Waals surface area contributed by atoms with Gasteiger partial charge in [0, 0.05) is 45.0 Å². The van der Waals surface area contributed by atoms with Crippen LogP contribution in [0.15, 0.2) is 42.0 Å². The first-order chi connectivity index (χ1) is 16.9. The minimum Gasteiger partial charge on any atom is -1.00 e. The number of hydrogen-bond donors (Lipinski definition) is 2. The second kappa shape index (κ2) is 17.3. The fourth-order valence-electron chi connectivity index (χ4n) is 3.41. The highest BCUT2D eigenvalue weighted by molar-refractivity contribution is 8.12. The quantitative estimate of drug-likeness (QED) is 0.373. The second-order valence-corrected chi connectivity index (χ2v) is 10.1. The van der Waals surface area contributed by atoms with Gasteiger partial charge in [0.2, 0.25) is 5.51 Å². The molecular weight excluding hydrogens is 514 g/mol. The number of rotatable bonds is 10. The third kappa shape index (κ3) is 10.4. The van der Waals surface area contributed by atoms with E-state index in [9.17, 15) is 4.79 Å². The Morgan fingerprint density at radius 2 is 1.83 bits per heavy atom. The second-order valence-electron chi connectivity index (χ2n) is 8.19. The van der Waals surface area contributed by atoms with Gasteiger partial charge in [0.05, 0.1) is 10.4 Å².